The van der Waals surface area contributed by atoms with Crippen LogP contribution in [0, 0.1) is 17.8 Å². The van der Waals surface area contributed by atoms with E-state index in [0.717, 1.165) is 50.3 Å². The molecule has 33 heavy (non-hydrogen) atoms. The molecule has 4 rings (SSSR count). The van der Waals surface area contributed by atoms with Crippen LogP contribution in [0.1, 0.15) is 56.7 Å². The summed E-state index contributed by atoms with van der Waals surface area (Å²) in [5.74, 6) is 3.57. The summed E-state index contributed by atoms with van der Waals surface area (Å²) in [6, 6.07) is 4.77. The molecule has 0 unspecified atom stereocenters. The van der Waals surface area contributed by atoms with Gasteiger partial charge in [-0.2, -0.15) is 0 Å². The maximum absolute atomic E-state index is 11.4. The number of carboxylic acid groups (broad SMARTS) is 1. The number of benzene rings is 1. The van der Waals surface area contributed by atoms with Gasteiger partial charge >= 0.3 is 6.09 Å². The van der Waals surface area contributed by atoms with Gasteiger partial charge in [0.05, 0.1) is 33.5 Å². The first-order chi connectivity index (χ1) is 15.9. The largest absolute Gasteiger partial charge is 0.493 e. The predicted octanol–water partition coefficient (Wildman–Crippen LogP) is 4.44. The zero-order valence-electron chi connectivity index (χ0n) is 20.6. The Kier molecular flexibility index (Phi) is 7.69. The molecule has 0 radical (unpaired) electrons. The van der Waals surface area contributed by atoms with Crippen molar-refractivity contribution in [2.24, 2.45) is 17.8 Å². The van der Waals surface area contributed by atoms with Crippen molar-refractivity contribution in [3.05, 3.63) is 23.3 Å². The van der Waals surface area contributed by atoms with Crippen LogP contribution in [0.2, 0.25) is 0 Å². The molecule has 0 aromatic heterocycles. The average molecular weight is 461 g/mol. The molecule has 3 aliphatic rings. The topological polar surface area (TPSA) is 71.5 Å². The second-order valence-electron chi connectivity index (χ2n) is 10.4. The highest BCUT2D eigenvalue weighted by Gasteiger charge is 2.39. The Labute approximate surface area is 198 Å². The van der Waals surface area contributed by atoms with E-state index in [1.54, 1.807) is 14.2 Å². The van der Waals surface area contributed by atoms with Crippen molar-refractivity contribution < 1.29 is 24.1 Å². The minimum absolute atomic E-state index is 0.00979. The van der Waals surface area contributed by atoms with Gasteiger partial charge in [-0.15, -0.1) is 0 Å². The molecule has 1 aromatic carbocycles. The smallest absolute Gasteiger partial charge is 0.407 e. The number of methoxy groups -OCH3 is 2. The Bertz CT molecular complexity index is 829. The molecular formula is C26H40N2O5. The van der Waals surface area contributed by atoms with Crippen molar-refractivity contribution in [2.45, 2.75) is 58.1 Å². The van der Waals surface area contributed by atoms with Crippen LogP contribution in [0.5, 0.6) is 11.5 Å². The van der Waals surface area contributed by atoms with E-state index in [2.05, 4.69) is 30.9 Å². The van der Waals surface area contributed by atoms with Gasteiger partial charge in [0, 0.05) is 25.7 Å². The Morgan fingerprint density at radius 1 is 1.12 bits per heavy atom. The van der Waals surface area contributed by atoms with Gasteiger partial charge in [0.1, 0.15) is 0 Å². The number of hydrogen-bond donors (Lipinski definition) is 1. The van der Waals surface area contributed by atoms with Crippen molar-refractivity contribution in [1.29, 1.82) is 0 Å². The van der Waals surface area contributed by atoms with Crippen molar-refractivity contribution in [1.82, 2.24) is 9.80 Å². The molecule has 0 bridgehead atoms. The summed E-state index contributed by atoms with van der Waals surface area (Å²) in [5, 5.41) is 9.36. The van der Waals surface area contributed by atoms with Gasteiger partial charge in [-0.05, 0) is 73.1 Å². The van der Waals surface area contributed by atoms with Crippen molar-refractivity contribution in [3.63, 3.8) is 0 Å². The van der Waals surface area contributed by atoms with Crippen LogP contribution in [-0.2, 0) is 11.2 Å². The van der Waals surface area contributed by atoms with Gasteiger partial charge in [-0.3, -0.25) is 4.90 Å². The molecule has 7 nitrogen and oxygen atoms in total. The number of piperidine rings is 1. The second-order valence-corrected chi connectivity index (χ2v) is 10.4. The van der Waals surface area contributed by atoms with E-state index in [1.165, 1.54) is 22.4 Å². The third-order valence-electron chi connectivity index (χ3n) is 7.82. The van der Waals surface area contributed by atoms with Crippen LogP contribution in [0.3, 0.4) is 0 Å². The summed E-state index contributed by atoms with van der Waals surface area (Å²) in [4.78, 5) is 15.6. The lowest BCUT2D eigenvalue weighted by Crippen LogP contribution is -2.47. The summed E-state index contributed by atoms with van der Waals surface area (Å²) >= 11 is 0. The van der Waals surface area contributed by atoms with E-state index >= 15 is 0 Å². The molecule has 4 atom stereocenters. The lowest BCUT2D eigenvalue weighted by molar-refractivity contribution is -0.0337. The highest BCUT2D eigenvalue weighted by Crippen LogP contribution is 2.46. The minimum atomic E-state index is -0.836. The van der Waals surface area contributed by atoms with Gasteiger partial charge in [-0.1, -0.05) is 13.8 Å². The highest BCUT2D eigenvalue weighted by molar-refractivity contribution is 5.65. The summed E-state index contributed by atoms with van der Waals surface area (Å²) in [6.07, 6.45) is 4.60. The molecule has 3 heterocycles. The summed E-state index contributed by atoms with van der Waals surface area (Å²) in [5.41, 5.74) is 2.76. The van der Waals surface area contributed by atoms with Crippen molar-refractivity contribution in [3.8, 4) is 11.5 Å². The van der Waals surface area contributed by atoms with E-state index in [0.29, 0.717) is 43.5 Å². The molecule has 2 fully saturated rings. The number of ether oxygens (including phenoxy) is 3. The number of rotatable bonds is 7. The van der Waals surface area contributed by atoms with Crippen LogP contribution in [0.15, 0.2) is 12.1 Å². The molecule has 1 N–H and O–H groups in total. The van der Waals surface area contributed by atoms with Gasteiger partial charge in [0.15, 0.2) is 11.5 Å². The SMILES string of the molecule is COc1cc2c(cc1OC)[C@H]1C[C@@H](CC[C@@H]3CN(C(=O)O)CCO3)[C@H](CC(C)C)CN1CC2. The fourth-order valence-corrected chi connectivity index (χ4v) is 6.20. The predicted molar refractivity (Wildman–Crippen MR) is 127 cm³/mol. The lowest BCUT2D eigenvalue weighted by Gasteiger charge is -2.48. The zero-order valence-corrected chi connectivity index (χ0v) is 20.6. The molecule has 0 saturated carbocycles. The Morgan fingerprint density at radius 2 is 1.88 bits per heavy atom. The van der Waals surface area contributed by atoms with Crippen LogP contribution in [0.25, 0.3) is 0 Å². The maximum Gasteiger partial charge on any atom is 0.407 e. The van der Waals surface area contributed by atoms with Crippen LogP contribution in [-0.4, -0.2) is 74.1 Å². The third-order valence-corrected chi connectivity index (χ3v) is 7.82. The molecule has 0 aliphatic carbocycles. The highest BCUT2D eigenvalue weighted by atomic mass is 16.5. The van der Waals surface area contributed by atoms with Crippen LogP contribution < -0.4 is 9.47 Å². The Balaban J connectivity index is 1.50. The van der Waals surface area contributed by atoms with E-state index < -0.39 is 6.09 Å². The average Bonchev–Trinajstić information content (AvgIpc) is 2.81. The van der Waals surface area contributed by atoms with Crippen molar-refractivity contribution >= 4 is 6.09 Å². The third kappa shape index (κ3) is 5.40. The first-order valence-electron chi connectivity index (χ1n) is 12.5. The second kappa shape index (κ2) is 10.5. The molecule has 2 saturated heterocycles. The van der Waals surface area contributed by atoms with Crippen molar-refractivity contribution in [2.75, 3.05) is 47.0 Å². The Hall–Kier alpha value is -1.99. The minimum Gasteiger partial charge on any atom is -0.493 e. The summed E-state index contributed by atoms with van der Waals surface area (Å²) < 4.78 is 17.1. The number of fused-ring (bicyclic) bond motifs is 3. The molecule has 3 aliphatic heterocycles. The Morgan fingerprint density at radius 3 is 2.58 bits per heavy atom. The monoisotopic (exact) mass is 460 g/mol. The van der Waals surface area contributed by atoms with E-state index in [1.807, 2.05) is 0 Å². The van der Waals surface area contributed by atoms with Gasteiger partial charge < -0.3 is 24.2 Å². The molecule has 0 spiro atoms. The molecule has 1 amide bonds. The number of hydrogen-bond acceptors (Lipinski definition) is 5. The number of amides is 1. The van der Waals surface area contributed by atoms with Gasteiger partial charge in [-0.25, -0.2) is 4.79 Å². The van der Waals surface area contributed by atoms with E-state index in [-0.39, 0.29) is 6.10 Å². The van der Waals surface area contributed by atoms with Crippen LogP contribution in [0.4, 0.5) is 4.79 Å². The van der Waals surface area contributed by atoms with Crippen LogP contribution >= 0.6 is 0 Å². The zero-order chi connectivity index (χ0) is 23.5. The van der Waals surface area contributed by atoms with Gasteiger partial charge in [0.2, 0.25) is 0 Å². The van der Waals surface area contributed by atoms with E-state index in [4.69, 9.17) is 14.2 Å². The lowest BCUT2D eigenvalue weighted by atomic mass is 9.72. The summed E-state index contributed by atoms with van der Waals surface area (Å²) in [6.45, 7) is 8.34. The molecule has 7 heteroatoms. The molecule has 184 valence electrons. The molecule has 1 aromatic rings. The fourth-order valence-electron chi connectivity index (χ4n) is 6.20. The fraction of sp³-hybridized carbons (Fsp3) is 0.731. The standard InChI is InChI=1S/C26H40N2O5/c1-17(2)11-20-15-27-8-7-19-13-24(31-3)25(32-4)14-22(19)23(27)12-18(20)5-6-21-16-28(26(29)30)9-10-33-21/h13-14,17-18,20-21,23H,5-12,15-16H2,1-4H3,(H,29,30)/t18-,20-,21-,23-/m1/s1. The molecular weight excluding hydrogens is 420 g/mol. The first-order valence-corrected chi connectivity index (χ1v) is 12.5. The number of carbonyl (C=O) groups is 1. The van der Waals surface area contributed by atoms with E-state index in [9.17, 15) is 9.90 Å². The number of nitrogens with zero attached hydrogens (tertiary/aromatic N) is 2. The van der Waals surface area contributed by atoms with Gasteiger partial charge in [0.25, 0.3) is 0 Å². The summed E-state index contributed by atoms with van der Waals surface area (Å²) in [7, 11) is 3.41. The first kappa shape index (κ1) is 24.1. The maximum atomic E-state index is 11.4. The quantitative estimate of drug-likeness (QED) is 0.648. The number of morpholine rings is 1. The normalized spacial score (nSPS) is 27.7.